The molecule has 2 aromatic carbocycles. The van der Waals surface area contributed by atoms with E-state index in [1.165, 1.54) is 11.1 Å². The quantitative estimate of drug-likeness (QED) is 0.834. The number of rotatable bonds is 5. The molecule has 0 fully saturated rings. The van der Waals surface area contributed by atoms with E-state index in [0.717, 1.165) is 36.9 Å². The highest BCUT2D eigenvalue weighted by molar-refractivity contribution is 5.43. The lowest BCUT2D eigenvalue weighted by molar-refractivity contribution is 0.156. The summed E-state index contributed by atoms with van der Waals surface area (Å²) in [7, 11) is 1.67. The smallest absolute Gasteiger partial charge is 0.161 e. The average molecular weight is 327 g/mol. The van der Waals surface area contributed by atoms with Crippen molar-refractivity contribution < 1.29 is 14.2 Å². The molecular formula is C20H25NO3. The first-order valence-electron chi connectivity index (χ1n) is 8.46. The van der Waals surface area contributed by atoms with Crippen molar-refractivity contribution in [2.75, 3.05) is 20.3 Å². The highest BCUT2D eigenvalue weighted by atomic mass is 16.5. The average Bonchev–Trinajstić information content (AvgIpc) is 2.72. The molecule has 2 aromatic rings. The number of nitrogens with zero attached hydrogens (tertiary/aromatic N) is 1. The van der Waals surface area contributed by atoms with Crippen molar-refractivity contribution in [1.82, 2.24) is 4.90 Å². The molecule has 0 unspecified atom stereocenters. The number of hydrogen-bond acceptors (Lipinski definition) is 4. The lowest BCUT2D eigenvalue weighted by Gasteiger charge is -2.22. The molecule has 0 saturated heterocycles. The highest BCUT2D eigenvalue weighted by Crippen LogP contribution is 2.30. The molecule has 0 radical (unpaired) electrons. The lowest BCUT2D eigenvalue weighted by atomic mass is 10.1. The molecule has 0 N–H and O–H groups in total. The minimum Gasteiger partial charge on any atom is -0.493 e. The van der Waals surface area contributed by atoms with Crippen LogP contribution in [0.3, 0.4) is 0 Å². The van der Waals surface area contributed by atoms with Gasteiger partial charge in [-0.2, -0.15) is 0 Å². The molecule has 0 amide bonds. The summed E-state index contributed by atoms with van der Waals surface area (Å²) in [6, 6.07) is 14.4. The van der Waals surface area contributed by atoms with Crippen molar-refractivity contribution in [3.8, 4) is 17.2 Å². The zero-order valence-electron chi connectivity index (χ0n) is 14.6. The summed E-state index contributed by atoms with van der Waals surface area (Å²) in [5, 5.41) is 0. The van der Waals surface area contributed by atoms with Gasteiger partial charge in [0.05, 0.1) is 13.7 Å². The number of hydrogen-bond donors (Lipinski definition) is 0. The molecule has 1 heterocycles. The van der Waals surface area contributed by atoms with Crippen molar-refractivity contribution in [3.05, 3.63) is 53.6 Å². The molecular weight excluding hydrogens is 302 g/mol. The number of benzene rings is 2. The first-order valence-corrected chi connectivity index (χ1v) is 8.46. The molecule has 0 saturated carbocycles. The molecule has 4 heteroatoms. The van der Waals surface area contributed by atoms with Gasteiger partial charge in [0.1, 0.15) is 11.9 Å². The summed E-state index contributed by atoms with van der Waals surface area (Å²) < 4.78 is 17.1. The second-order valence-electron chi connectivity index (χ2n) is 6.12. The Morgan fingerprint density at radius 3 is 2.79 bits per heavy atom. The Labute approximate surface area is 144 Å². The van der Waals surface area contributed by atoms with Crippen LogP contribution >= 0.6 is 0 Å². The fourth-order valence-electron chi connectivity index (χ4n) is 3.14. The number of methoxy groups -OCH3 is 1. The largest absolute Gasteiger partial charge is 0.493 e. The lowest BCUT2D eigenvalue weighted by Crippen LogP contribution is -2.30. The summed E-state index contributed by atoms with van der Waals surface area (Å²) in [5.41, 5.74) is 2.45. The third-order valence-corrected chi connectivity index (χ3v) is 4.14. The monoisotopic (exact) mass is 327 g/mol. The Morgan fingerprint density at radius 2 is 2.00 bits per heavy atom. The van der Waals surface area contributed by atoms with Crippen LogP contribution in [0.15, 0.2) is 42.5 Å². The normalized spacial score (nSPS) is 17.5. The summed E-state index contributed by atoms with van der Waals surface area (Å²) in [6.45, 7) is 7.36. The number of ether oxygens (including phenoxy) is 3. The van der Waals surface area contributed by atoms with E-state index in [0.29, 0.717) is 6.61 Å². The van der Waals surface area contributed by atoms with E-state index in [9.17, 15) is 0 Å². The van der Waals surface area contributed by atoms with E-state index in [1.807, 2.05) is 19.1 Å². The summed E-state index contributed by atoms with van der Waals surface area (Å²) in [6.07, 6.45) is 0.165. The second kappa shape index (κ2) is 7.58. The van der Waals surface area contributed by atoms with Crippen molar-refractivity contribution in [1.29, 1.82) is 0 Å². The van der Waals surface area contributed by atoms with Crippen molar-refractivity contribution in [2.45, 2.75) is 33.0 Å². The van der Waals surface area contributed by atoms with Crippen LogP contribution in [0.4, 0.5) is 0 Å². The van der Waals surface area contributed by atoms with Crippen LogP contribution in [0.1, 0.15) is 25.0 Å². The van der Waals surface area contributed by atoms with Crippen LogP contribution in [-0.4, -0.2) is 31.3 Å². The predicted octanol–water partition coefficient (Wildman–Crippen LogP) is 3.88. The molecule has 128 valence electrons. The van der Waals surface area contributed by atoms with Gasteiger partial charge >= 0.3 is 0 Å². The van der Waals surface area contributed by atoms with E-state index in [2.05, 4.69) is 42.2 Å². The van der Waals surface area contributed by atoms with Crippen LogP contribution in [-0.2, 0) is 13.1 Å². The summed E-state index contributed by atoms with van der Waals surface area (Å²) >= 11 is 0. The standard InChI is InChI=1S/C20H25NO3/c1-4-23-20-11-16(9-10-19(20)22-3)13-21-12-15(2)24-18-8-6-5-7-17(18)14-21/h5-11,15H,4,12-14H2,1-3H3/t15-/m0/s1. The molecule has 0 spiro atoms. The van der Waals surface area contributed by atoms with Gasteiger partial charge in [-0.05, 0) is 37.6 Å². The minimum absolute atomic E-state index is 0.165. The summed E-state index contributed by atoms with van der Waals surface area (Å²) in [4.78, 5) is 2.41. The van der Waals surface area contributed by atoms with Gasteiger partial charge in [-0.1, -0.05) is 24.3 Å². The zero-order valence-corrected chi connectivity index (χ0v) is 14.6. The van der Waals surface area contributed by atoms with Gasteiger partial charge in [0.2, 0.25) is 0 Å². The molecule has 24 heavy (non-hydrogen) atoms. The Balaban J connectivity index is 1.79. The molecule has 1 atom stereocenters. The maximum atomic E-state index is 6.04. The van der Waals surface area contributed by atoms with Gasteiger partial charge in [0.25, 0.3) is 0 Å². The third kappa shape index (κ3) is 3.82. The predicted molar refractivity (Wildman–Crippen MR) is 94.8 cm³/mol. The second-order valence-corrected chi connectivity index (χ2v) is 6.12. The van der Waals surface area contributed by atoms with Crippen LogP contribution in [0.25, 0.3) is 0 Å². The van der Waals surface area contributed by atoms with Gasteiger partial charge in [0.15, 0.2) is 11.5 Å². The van der Waals surface area contributed by atoms with Gasteiger partial charge in [-0.3, -0.25) is 4.90 Å². The SMILES string of the molecule is CCOc1cc(CN2Cc3ccccc3O[C@@H](C)C2)ccc1OC. The van der Waals surface area contributed by atoms with Gasteiger partial charge in [0, 0.05) is 25.2 Å². The molecule has 0 aliphatic carbocycles. The minimum atomic E-state index is 0.165. The molecule has 1 aliphatic heterocycles. The Kier molecular flexibility index (Phi) is 5.26. The van der Waals surface area contributed by atoms with Gasteiger partial charge in [-0.15, -0.1) is 0 Å². The van der Waals surface area contributed by atoms with Crippen LogP contribution < -0.4 is 14.2 Å². The van der Waals surface area contributed by atoms with E-state index in [1.54, 1.807) is 7.11 Å². The van der Waals surface area contributed by atoms with E-state index in [-0.39, 0.29) is 6.10 Å². The topological polar surface area (TPSA) is 30.9 Å². The Hall–Kier alpha value is -2.20. The zero-order chi connectivity index (χ0) is 16.9. The number of fused-ring (bicyclic) bond motifs is 1. The first kappa shape index (κ1) is 16.7. The molecule has 3 rings (SSSR count). The Bertz CT molecular complexity index is 686. The van der Waals surface area contributed by atoms with E-state index < -0.39 is 0 Å². The van der Waals surface area contributed by atoms with E-state index >= 15 is 0 Å². The fraction of sp³-hybridized carbons (Fsp3) is 0.400. The Morgan fingerprint density at radius 1 is 1.17 bits per heavy atom. The van der Waals surface area contributed by atoms with E-state index in [4.69, 9.17) is 14.2 Å². The molecule has 4 nitrogen and oxygen atoms in total. The van der Waals surface area contributed by atoms with Crippen molar-refractivity contribution >= 4 is 0 Å². The van der Waals surface area contributed by atoms with Gasteiger partial charge in [-0.25, -0.2) is 0 Å². The van der Waals surface area contributed by atoms with Gasteiger partial charge < -0.3 is 14.2 Å². The third-order valence-electron chi connectivity index (χ3n) is 4.14. The summed E-state index contributed by atoms with van der Waals surface area (Å²) in [5.74, 6) is 2.58. The van der Waals surface area contributed by atoms with Crippen LogP contribution in [0.5, 0.6) is 17.2 Å². The first-order chi connectivity index (χ1) is 11.7. The molecule has 1 aliphatic rings. The van der Waals surface area contributed by atoms with Crippen LogP contribution in [0.2, 0.25) is 0 Å². The molecule has 0 bridgehead atoms. The molecule has 0 aromatic heterocycles. The van der Waals surface area contributed by atoms with Crippen LogP contribution in [0, 0.1) is 0 Å². The maximum Gasteiger partial charge on any atom is 0.161 e. The fourth-order valence-corrected chi connectivity index (χ4v) is 3.14. The van der Waals surface area contributed by atoms with Crippen molar-refractivity contribution in [2.24, 2.45) is 0 Å². The maximum absolute atomic E-state index is 6.04. The highest BCUT2D eigenvalue weighted by Gasteiger charge is 2.20. The number of para-hydroxylation sites is 1. The van der Waals surface area contributed by atoms with Crippen molar-refractivity contribution in [3.63, 3.8) is 0 Å².